The van der Waals surface area contributed by atoms with Gasteiger partial charge in [-0.25, -0.2) is 14.4 Å². The summed E-state index contributed by atoms with van der Waals surface area (Å²) < 4.78 is 4.53. The van der Waals surface area contributed by atoms with Gasteiger partial charge in [0.1, 0.15) is 0 Å². The van der Waals surface area contributed by atoms with Crippen LogP contribution in [0, 0.1) is 0 Å². The Labute approximate surface area is 190 Å². The Morgan fingerprint density at radius 3 is 1.65 bits per heavy atom. The molecule has 12 nitrogen and oxygen atoms in total. The average Bonchev–Trinajstić information content (AvgIpc) is 2.77. The fraction of sp³-hybridized carbons (Fsp3) is 0.0909. The molecule has 178 valence electrons. The maximum absolute atomic E-state index is 12.5. The van der Waals surface area contributed by atoms with E-state index in [0.717, 1.165) is 36.4 Å². The first-order chi connectivity index (χ1) is 15.9. The number of phenolic OH excluding ortho intramolecular Hbond substituents is 4. The van der Waals surface area contributed by atoms with E-state index in [1.54, 1.807) is 0 Å². The number of phenols is 4. The van der Waals surface area contributed by atoms with Crippen molar-refractivity contribution in [3.05, 3.63) is 59.7 Å². The molecule has 0 radical (unpaired) electrons. The summed E-state index contributed by atoms with van der Waals surface area (Å²) in [6, 6.07) is 6.71. The van der Waals surface area contributed by atoms with Crippen LogP contribution in [-0.4, -0.2) is 71.1 Å². The number of aromatic hydroxyl groups is 4. The summed E-state index contributed by atoms with van der Waals surface area (Å²) in [5, 5.41) is 66.6. The van der Waals surface area contributed by atoms with Crippen LogP contribution in [0.15, 0.2) is 48.6 Å². The van der Waals surface area contributed by atoms with Crippen molar-refractivity contribution in [2.24, 2.45) is 0 Å². The van der Waals surface area contributed by atoms with Crippen molar-refractivity contribution in [2.75, 3.05) is 0 Å². The normalized spacial score (nSPS) is 13.9. The lowest BCUT2D eigenvalue weighted by Crippen LogP contribution is -2.59. The molecule has 2 unspecified atom stereocenters. The fourth-order valence-corrected chi connectivity index (χ4v) is 2.57. The number of carbonyl (C=O) groups is 4. The van der Waals surface area contributed by atoms with E-state index in [2.05, 4.69) is 4.74 Å². The van der Waals surface area contributed by atoms with Gasteiger partial charge in [0.2, 0.25) is 11.9 Å². The molecule has 2 aromatic carbocycles. The highest BCUT2D eigenvalue weighted by molar-refractivity contribution is 6.16. The van der Waals surface area contributed by atoms with Gasteiger partial charge in [-0.1, -0.05) is 18.2 Å². The number of rotatable bonds is 9. The second-order valence-electron chi connectivity index (χ2n) is 6.75. The molecule has 0 fully saturated rings. The molecule has 0 aromatic heterocycles. The van der Waals surface area contributed by atoms with Gasteiger partial charge in [0.25, 0.3) is 5.60 Å². The van der Waals surface area contributed by atoms with Crippen LogP contribution >= 0.6 is 0 Å². The van der Waals surface area contributed by atoms with Crippen LogP contribution in [-0.2, 0) is 23.9 Å². The molecular weight excluding hydrogens is 456 g/mol. The summed E-state index contributed by atoms with van der Waals surface area (Å²) in [7, 11) is 0. The molecule has 0 spiro atoms. The highest BCUT2D eigenvalue weighted by atomic mass is 16.6. The van der Waals surface area contributed by atoms with Gasteiger partial charge in [-0.05, 0) is 47.5 Å². The number of esters is 1. The summed E-state index contributed by atoms with van der Waals surface area (Å²) in [6.07, 6.45) is 0.232. The van der Waals surface area contributed by atoms with E-state index >= 15 is 0 Å². The summed E-state index contributed by atoms with van der Waals surface area (Å²) in [4.78, 5) is 47.7. The second kappa shape index (κ2) is 10.2. The molecule has 2 atom stereocenters. The Hall–Kier alpha value is -4.84. The van der Waals surface area contributed by atoms with Gasteiger partial charge < -0.3 is 40.5 Å². The fourth-order valence-electron chi connectivity index (χ4n) is 2.57. The van der Waals surface area contributed by atoms with E-state index in [1.165, 1.54) is 12.1 Å². The number of carbonyl (C=O) groups excluding carboxylic acids is 2. The van der Waals surface area contributed by atoms with E-state index in [0.29, 0.717) is 12.2 Å². The number of aliphatic hydroxyl groups is 1. The molecule has 2 aromatic rings. The number of carboxylic acids is 2. The predicted octanol–water partition coefficient (Wildman–Crippen LogP) is 0.617. The molecule has 0 aliphatic heterocycles. The maximum atomic E-state index is 12.5. The second-order valence-corrected chi connectivity index (χ2v) is 6.75. The lowest BCUT2D eigenvalue weighted by molar-refractivity contribution is -0.192. The largest absolute Gasteiger partial charge is 0.504 e. The van der Waals surface area contributed by atoms with Gasteiger partial charge in [0.15, 0.2) is 23.0 Å². The van der Waals surface area contributed by atoms with Gasteiger partial charge in [0.05, 0.1) is 0 Å². The van der Waals surface area contributed by atoms with Crippen LogP contribution in [0.4, 0.5) is 0 Å². The standard InChI is InChI=1S/C22H18O12/c23-13-5-1-11(9-15(13)25)3-7-17(27)22(33,21(31)32)19(20(29)30)34-18(28)8-4-12-2-6-14(24)16(26)10-12/h1-10,19,23-26,33H,(H,29,30)(H,31,32). The third-order valence-corrected chi connectivity index (χ3v) is 4.38. The van der Waals surface area contributed by atoms with Crippen molar-refractivity contribution in [2.45, 2.75) is 11.7 Å². The molecule has 0 bridgehead atoms. The maximum Gasteiger partial charge on any atom is 0.349 e. The number of ether oxygens (including phenoxy) is 1. The van der Waals surface area contributed by atoms with Gasteiger partial charge in [0, 0.05) is 6.08 Å². The average molecular weight is 474 g/mol. The first-order valence-corrected chi connectivity index (χ1v) is 9.20. The van der Waals surface area contributed by atoms with Crippen LogP contribution < -0.4 is 0 Å². The summed E-state index contributed by atoms with van der Waals surface area (Å²) in [5.74, 6) is -9.56. The molecule has 12 heteroatoms. The first kappa shape index (κ1) is 25.4. The Balaban J connectivity index is 2.28. The Morgan fingerprint density at radius 2 is 1.24 bits per heavy atom. The molecule has 0 aliphatic carbocycles. The Bertz CT molecular complexity index is 1200. The predicted molar refractivity (Wildman–Crippen MR) is 113 cm³/mol. The van der Waals surface area contributed by atoms with Crippen LogP contribution in [0.25, 0.3) is 12.2 Å². The minimum atomic E-state index is -3.72. The zero-order valence-corrected chi connectivity index (χ0v) is 17.0. The summed E-state index contributed by atoms with van der Waals surface area (Å²) in [6.45, 7) is 0. The smallest absolute Gasteiger partial charge is 0.349 e. The number of carboxylic acid groups (broad SMARTS) is 2. The molecule has 7 N–H and O–H groups in total. The molecule has 0 aliphatic rings. The van der Waals surface area contributed by atoms with Gasteiger partial charge in [-0.3, -0.25) is 4.79 Å². The van der Waals surface area contributed by atoms with Crippen LogP contribution in [0.5, 0.6) is 23.0 Å². The Kier molecular flexibility index (Phi) is 7.62. The van der Waals surface area contributed by atoms with E-state index in [4.69, 9.17) is 0 Å². The van der Waals surface area contributed by atoms with E-state index in [-0.39, 0.29) is 11.1 Å². The molecule has 2 rings (SSSR count). The highest BCUT2D eigenvalue weighted by Gasteiger charge is 2.56. The van der Waals surface area contributed by atoms with E-state index in [1.807, 2.05) is 0 Å². The van der Waals surface area contributed by atoms with Crippen molar-refractivity contribution in [1.29, 1.82) is 0 Å². The molecule has 34 heavy (non-hydrogen) atoms. The third kappa shape index (κ3) is 5.69. The first-order valence-electron chi connectivity index (χ1n) is 9.20. The van der Waals surface area contributed by atoms with Crippen LogP contribution in [0.3, 0.4) is 0 Å². The van der Waals surface area contributed by atoms with E-state index < -0.39 is 58.4 Å². The van der Waals surface area contributed by atoms with Gasteiger partial charge >= 0.3 is 17.9 Å². The van der Waals surface area contributed by atoms with Gasteiger partial charge in [-0.15, -0.1) is 0 Å². The van der Waals surface area contributed by atoms with Crippen molar-refractivity contribution in [1.82, 2.24) is 0 Å². The van der Waals surface area contributed by atoms with E-state index in [9.17, 15) is 54.9 Å². The number of hydrogen-bond donors (Lipinski definition) is 7. The number of benzene rings is 2. The summed E-state index contributed by atoms with van der Waals surface area (Å²) in [5.41, 5.74) is -3.47. The molecule has 0 heterocycles. The van der Waals surface area contributed by atoms with Gasteiger partial charge in [-0.2, -0.15) is 0 Å². The topological polar surface area (TPSA) is 219 Å². The van der Waals surface area contributed by atoms with Crippen molar-refractivity contribution in [3.63, 3.8) is 0 Å². The lowest BCUT2D eigenvalue weighted by Gasteiger charge is -2.26. The quantitative estimate of drug-likeness (QED) is 0.115. The van der Waals surface area contributed by atoms with Crippen molar-refractivity contribution >= 4 is 35.8 Å². The summed E-state index contributed by atoms with van der Waals surface area (Å²) >= 11 is 0. The number of aliphatic carboxylic acids is 2. The molecule has 0 amide bonds. The minimum Gasteiger partial charge on any atom is -0.504 e. The van der Waals surface area contributed by atoms with Crippen molar-refractivity contribution in [3.8, 4) is 23.0 Å². The zero-order valence-electron chi connectivity index (χ0n) is 17.0. The monoisotopic (exact) mass is 474 g/mol. The SMILES string of the molecule is O=C(C=Cc1ccc(O)c(O)c1)OC(C(=O)O)C(O)(C(=O)O)C(=O)C=Cc1ccc(O)c(O)c1. The molecular formula is C22H18O12. The van der Waals surface area contributed by atoms with Crippen molar-refractivity contribution < 1.29 is 59.7 Å². The van der Waals surface area contributed by atoms with Crippen LogP contribution in [0.1, 0.15) is 11.1 Å². The minimum absolute atomic E-state index is 0.0837. The number of hydrogen-bond acceptors (Lipinski definition) is 10. The Morgan fingerprint density at radius 1 is 0.765 bits per heavy atom. The highest BCUT2D eigenvalue weighted by Crippen LogP contribution is 2.27. The zero-order chi connectivity index (χ0) is 25.6. The molecule has 0 saturated carbocycles. The number of ketones is 1. The van der Waals surface area contributed by atoms with Crippen LogP contribution in [0.2, 0.25) is 0 Å². The third-order valence-electron chi connectivity index (χ3n) is 4.38. The molecule has 0 saturated heterocycles. The lowest BCUT2D eigenvalue weighted by atomic mass is 9.90.